The van der Waals surface area contributed by atoms with Crippen LogP contribution in [0.1, 0.15) is 12.2 Å². The minimum Gasteiger partial charge on any atom is -0.455 e. The highest BCUT2D eigenvalue weighted by molar-refractivity contribution is 9.10. The Bertz CT molecular complexity index is 762. The van der Waals surface area contributed by atoms with Crippen molar-refractivity contribution in [3.8, 4) is 11.3 Å². The van der Waals surface area contributed by atoms with Gasteiger partial charge in [-0.15, -0.1) is 0 Å². The number of hydrogen-bond acceptors (Lipinski definition) is 4. The molecule has 2 aromatic rings. The van der Waals surface area contributed by atoms with Crippen LogP contribution in [0.5, 0.6) is 0 Å². The summed E-state index contributed by atoms with van der Waals surface area (Å²) in [6.07, 6.45) is 2.22. The molecular weight excluding hydrogens is 354 g/mol. The van der Waals surface area contributed by atoms with E-state index < -0.39 is 9.84 Å². The Morgan fingerprint density at radius 1 is 1.19 bits per heavy atom. The summed E-state index contributed by atoms with van der Waals surface area (Å²) in [6.45, 7) is 0. The average molecular weight is 368 g/mol. The molecule has 1 aliphatic heterocycles. The van der Waals surface area contributed by atoms with Gasteiger partial charge in [-0.05, 0) is 30.7 Å². The molecular formula is C15H14BrNO3S. The maximum atomic E-state index is 11.4. The first-order valence-electron chi connectivity index (χ1n) is 6.61. The van der Waals surface area contributed by atoms with Crippen molar-refractivity contribution in [1.29, 1.82) is 0 Å². The fourth-order valence-corrected chi connectivity index (χ4v) is 4.16. The molecule has 0 N–H and O–H groups in total. The smallest absolute Gasteiger partial charge is 0.152 e. The van der Waals surface area contributed by atoms with Gasteiger partial charge in [-0.3, -0.25) is 4.99 Å². The van der Waals surface area contributed by atoms with Crippen molar-refractivity contribution in [2.75, 3.05) is 11.5 Å². The molecule has 0 radical (unpaired) electrons. The van der Waals surface area contributed by atoms with Crippen LogP contribution in [-0.2, 0) is 9.84 Å². The summed E-state index contributed by atoms with van der Waals surface area (Å²) in [5, 5.41) is 0. The minimum absolute atomic E-state index is 0.142. The maximum absolute atomic E-state index is 11.4. The predicted molar refractivity (Wildman–Crippen MR) is 86.5 cm³/mol. The van der Waals surface area contributed by atoms with E-state index in [-0.39, 0.29) is 17.5 Å². The lowest BCUT2D eigenvalue weighted by molar-refractivity contribution is 0.573. The first-order valence-corrected chi connectivity index (χ1v) is 9.23. The maximum Gasteiger partial charge on any atom is 0.152 e. The number of rotatable bonds is 3. The van der Waals surface area contributed by atoms with Crippen LogP contribution in [0.15, 0.2) is 50.3 Å². The molecule has 6 heteroatoms. The van der Waals surface area contributed by atoms with Gasteiger partial charge in [-0.1, -0.05) is 28.1 Å². The minimum atomic E-state index is -2.89. The molecule has 0 unspecified atom stereocenters. The molecule has 4 nitrogen and oxygen atoms in total. The first kappa shape index (κ1) is 14.5. The molecule has 1 aliphatic rings. The third kappa shape index (κ3) is 3.63. The monoisotopic (exact) mass is 367 g/mol. The van der Waals surface area contributed by atoms with Crippen molar-refractivity contribution in [2.24, 2.45) is 4.99 Å². The molecule has 1 aromatic carbocycles. The second-order valence-corrected chi connectivity index (χ2v) is 8.19. The lowest BCUT2D eigenvalue weighted by Crippen LogP contribution is -2.07. The van der Waals surface area contributed by atoms with Gasteiger partial charge in [0.15, 0.2) is 9.84 Å². The number of nitrogens with zero attached hydrogens (tertiary/aromatic N) is 1. The van der Waals surface area contributed by atoms with Gasteiger partial charge >= 0.3 is 0 Å². The third-order valence-electron chi connectivity index (χ3n) is 3.38. The zero-order valence-electron chi connectivity index (χ0n) is 11.2. The Morgan fingerprint density at radius 2 is 1.95 bits per heavy atom. The molecule has 1 fully saturated rings. The molecule has 0 bridgehead atoms. The highest BCUT2D eigenvalue weighted by Gasteiger charge is 2.26. The number of aliphatic imine (C=N–C) groups is 1. The molecule has 0 amide bonds. The Labute approximate surface area is 131 Å². The topological polar surface area (TPSA) is 59.6 Å². The fraction of sp³-hybridized carbons (Fsp3) is 0.267. The van der Waals surface area contributed by atoms with E-state index in [0.717, 1.165) is 15.8 Å². The number of furan rings is 1. The molecule has 0 spiro atoms. The zero-order chi connectivity index (χ0) is 14.9. The summed E-state index contributed by atoms with van der Waals surface area (Å²) < 4.78 is 29.5. The second-order valence-electron chi connectivity index (χ2n) is 5.04. The highest BCUT2D eigenvalue weighted by Crippen LogP contribution is 2.23. The molecule has 3 rings (SSSR count). The molecule has 110 valence electrons. The van der Waals surface area contributed by atoms with Gasteiger partial charge in [0.1, 0.15) is 11.5 Å². The van der Waals surface area contributed by atoms with E-state index in [1.807, 2.05) is 36.4 Å². The summed E-state index contributed by atoms with van der Waals surface area (Å²) >= 11 is 3.39. The van der Waals surface area contributed by atoms with Crippen LogP contribution in [0.4, 0.5) is 0 Å². The molecule has 1 atom stereocenters. The Hall–Kier alpha value is -1.40. The quantitative estimate of drug-likeness (QED) is 0.781. The van der Waals surface area contributed by atoms with E-state index in [1.165, 1.54) is 0 Å². The van der Waals surface area contributed by atoms with Crippen LogP contribution in [0, 0.1) is 0 Å². The van der Waals surface area contributed by atoms with E-state index in [4.69, 9.17) is 4.42 Å². The van der Waals surface area contributed by atoms with Gasteiger partial charge < -0.3 is 4.42 Å². The number of halogens is 1. The van der Waals surface area contributed by atoms with E-state index in [9.17, 15) is 8.42 Å². The van der Waals surface area contributed by atoms with Gasteiger partial charge in [0.05, 0.1) is 23.8 Å². The van der Waals surface area contributed by atoms with Crippen LogP contribution >= 0.6 is 15.9 Å². The molecule has 1 saturated heterocycles. The molecule has 2 heterocycles. The van der Waals surface area contributed by atoms with Crippen molar-refractivity contribution < 1.29 is 12.8 Å². The molecule has 1 aromatic heterocycles. The van der Waals surface area contributed by atoms with Crippen molar-refractivity contribution >= 4 is 32.0 Å². The van der Waals surface area contributed by atoms with Crippen LogP contribution < -0.4 is 0 Å². The average Bonchev–Trinajstić information content (AvgIpc) is 3.04. The Morgan fingerprint density at radius 3 is 2.62 bits per heavy atom. The highest BCUT2D eigenvalue weighted by atomic mass is 79.9. The largest absolute Gasteiger partial charge is 0.455 e. The van der Waals surface area contributed by atoms with Crippen LogP contribution in [0.3, 0.4) is 0 Å². The Kier molecular flexibility index (Phi) is 3.99. The van der Waals surface area contributed by atoms with Gasteiger partial charge in [-0.2, -0.15) is 0 Å². The van der Waals surface area contributed by atoms with Crippen molar-refractivity contribution in [3.05, 3.63) is 46.6 Å². The van der Waals surface area contributed by atoms with E-state index in [0.29, 0.717) is 12.2 Å². The fourth-order valence-electron chi connectivity index (χ4n) is 2.26. The van der Waals surface area contributed by atoms with Crippen LogP contribution in [0.25, 0.3) is 11.3 Å². The molecule has 21 heavy (non-hydrogen) atoms. The van der Waals surface area contributed by atoms with E-state index >= 15 is 0 Å². The third-order valence-corrected chi connectivity index (χ3v) is 5.66. The summed E-state index contributed by atoms with van der Waals surface area (Å²) in [5.41, 5.74) is 0.987. The predicted octanol–water partition coefficient (Wildman–Crippen LogP) is 3.32. The zero-order valence-corrected chi connectivity index (χ0v) is 13.6. The second kappa shape index (κ2) is 5.77. The first-order chi connectivity index (χ1) is 10.0. The number of benzene rings is 1. The summed E-state index contributed by atoms with van der Waals surface area (Å²) in [4.78, 5) is 4.30. The van der Waals surface area contributed by atoms with Gasteiger partial charge in [0.2, 0.25) is 0 Å². The van der Waals surface area contributed by atoms with Crippen molar-refractivity contribution in [2.45, 2.75) is 12.5 Å². The van der Waals surface area contributed by atoms with E-state index in [2.05, 4.69) is 20.9 Å². The number of sulfone groups is 1. The summed E-state index contributed by atoms with van der Waals surface area (Å²) in [7, 11) is -2.89. The van der Waals surface area contributed by atoms with Crippen LogP contribution in [-0.4, -0.2) is 32.2 Å². The lowest BCUT2D eigenvalue weighted by Gasteiger charge is -1.98. The molecule has 0 saturated carbocycles. The standard InChI is InChI=1S/C15H14BrNO3S/c16-12-3-1-11(2-4-12)15-6-5-14(20-15)9-17-13-7-8-21(18,19)10-13/h1-6,9,13H,7-8,10H2/t13-/m0/s1. The van der Waals surface area contributed by atoms with Crippen molar-refractivity contribution in [3.63, 3.8) is 0 Å². The van der Waals surface area contributed by atoms with E-state index in [1.54, 1.807) is 6.21 Å². The molecule has 0 aliphatic carbocycles. The number of hydrogen-bond donors (Lipinski definition) is 0. The summed E-state index contributed by atoms with van der Waals surface area (Å²) in [5.74, 6) is 1.78. The normalized spacial score (nSPS) is 21.1. The lowest BCUT2D eigenvalue weighted by atomic mass is 10.2. The Balaban J connectivity index is 1.72. The van der Waals surface area contributed by atoms with Crippen molar-refractivity contribution in [1.82, 2.24) is 0 Å². The SMILES string of the molecule is O=S1(=O)CC[C@H](N=Cc2ccc(-c3ccc(Br)cc3)o2)C1. The summed E-state index contributed by atoms with van der Waals surface area (Å²) in [6, 6.07) is 11.4. The van der Waals surface area contributed by atoms with Gasteiger partial charge in [0, 0.05) is 10.0 Å². The van der Waals surface area contributed by atoms with Crippen LogP contribution in [0.2, 0.25) is 0 Å². The van der Waals surface area contributed by atoms with Gasteiger partial charge in [0.25, 0.3) is 0 Å². The van der Waals surface area contributed by atoms with Gasteiger partial charge in [-0.25, -0.2) is 8.42 Å².